The molecular formula is C17H16ClFN2O4S. The first kappa shape index (κ1) is 18.8. The highest BCUT2D eigenvalue weighted by atomic mass is 35.5. The Morgan fingerprint density at radius 1 is 1.27 bits per heavy atom. The smallest absolute Gasteiger partial charge is 0.274 e. The van der Waals surface area contributed by atoms with Crippen LogP contribution in [0, 0.1) is 0 Å². The molecule has 1 heterocycles. The van der Waals surface area contributed by atoms with Gasteiger partial charge in [-0.05, 0) is 47.4 Å². The molecule has 6 nitrogen and oxygen atoms in total. The molecule has 0 unspecified atom stereocenters. The second-order valence-electron chi connectivity index (χ2n) is 5.90. The summed E-state index contributed by atoms with van der Waals surface area (Å²) >= 11 is 6.22. The summed E-state index contributed by atoms with van der Waals surface area (Å²) in [5.41, 5.74) is 3.54. The lowest BCUT2D eigenvalue weighted by atomic mass is 9.98. The number of hydrogen-bond acceptors (Lipinski definition) is 4. The fourth-order valence-corrected chi connectivity index (χ4v) is 4.60. The number of amides is 1. The van der Waals surface area contributed by atoms with Crippen molar-refractivity contribution < 1.29 is 22.8 Å². The quantitative estimate of drug-likeness (QED) is 0.612. The van der Waals surface area contributed by atoms with Crippen molar-refractivity contribution in [2.24, 2.45) is 0 Å². The number of benzene rings is 2. The number of alkyl halides is 1. The highest BCUT2D eigenvalue weighted by molar-refractivity contribution is 7.89. The third-order valence-electron chi connectivity index (χ3n) is 4.33. The van der Waals surface area contributed by atoms with Gasteiger partial charge in [0.05, 0.1) is 4.90 Å². The Labute approximate surface area is 155 Å². The van der Waals surface area contributed by atoms with Gasteiger partial charge >= 0.3 is 0 Å². The molecular weight excluding hydrogens is 383 g/mol. The van der Waals surface area contributed by atoms with Gasteiger partial charge in [0.2, 0.25) is 10.0 Å². The molecule has 0 aliphatic carbocycles. The molecule has 0 saturated heterocycles. The molecule has 0 bridgehead atoms. The van der Waals surface area contributed by atoms with Gasteiger partial charge in [-0.25, -0.2) is 18.3 Å². The predicted molar refractivity (Wildman–Crippen MR) is 93.3 cm³/mol. The summed E-state index contributed by atoms with van der Waals surface area (Å²) < 4.78 is 39.6. The molecule has 1 aliphatic rings. The number of nitrogens with zero attached hydrogens (tertiary/aromatic N) is 1. The minimum atomic E-state index is -3.74. The number of carbonyl (C=O) groups excluding carboxylic acids is 1. The molecule has 3 rings (SSSR count). The summed E-state index contributed by atoms with van der Waals surface area (Å²) in [6, 6.07) is 8.63. The van der Waals surface area contributed by atoms with Crippen LogP contribution in [-0.4, -0.2) is 30.4 Å². The minimum absolute atomic E-state index is 0.0718. The van der Waals surface area contributed by atoms with Crippen molar-refractivity contribution in [2.75, 3.05) is 6.54 Å². The summed E-state index contributed by atoms with van der Waals surface area (Å²) in [5, 5.41) is 9.00. The van der Waals surface area contributed by atoms with Crippen molar-refractivity contribution in [2.45, 2.75) is 24.5 Å². The molecule has 0 radical (unpaired) electrons. The van der Waals surface area contributed by atoms with Crippen molar-refractivity contribution in [3.8, 4) is 0 Å². The lowest BCUT2D eigenvalue weighted by Gasteiger charge is -2.29. The summed E-state index contributed by atoms with van der Waals surface area (Å²) in [4.78, 5) is 11.6. The van der Waals surface area contributed by atoms with Crippen molar-refractivity contribution in [1.82, 2.24) is 9.79 Å². The molecule has 0 fully saturated rings. The van der Waals surface area contributed by atoms with E-state index < -0.39 is 22.6 Å². The Morgan fingerprint density at radius 3 is 2.58 bits per heavy atom. The molecule has 2 aromatic rings. The van der Waals surface area contributed by atoms with Crippen LogP contribution in [0.25, 0.3) is 0 Å². The molecule has 2 aromatic carbocycles. The van der Waals surface area contributed by atoms with Crippen LogP contribution < -0.4 is 5.48 Å². The maximum Gasteiger partial charge on any atom is 0.274 e. The standard InChI is InChI=1S/C17H16ClFN2O4S/c18-16-8-13(17(22)20-23)7-12-5-6-21(10-15(12)16)26(24,25)14-3-1-11(9-19)2-4-14/h1-4,7-8,23H,5-6,9-10H2,(H,20,22). The number of hydroxylamine groups is 1. The normalized spacial score (nSPS) is 14.7. The van der Waals surface area contributed by atoms with Gasteiger partial charge in [0.25, 0.3) is 5.91 Å². The number of nitrogens with one attached hydrogen (secondary N) is 1. The van der Waals surface area contributed by atoms with E-state index in [0.717, 1.165) is 5.56 Å². The number of halogens is 2. The van der Waals surface area contributed by atoms with Crippen LogP contribution >= 0.6 is 11.6 Å². The maximum absolute atomic E-state index is 12.8. The first-order chi connectivity index (χ1) is 12.4. The van der Waals surface area contributed by atoms with Gasteiger partial charge in [-0.3, -0.25) is 10.0 Å². The van der Waals surface area contributed by atoms with Gasteiger partial charge in [-0.1, -0.05) is 23.7 Å². The Bertz CT molecular complexity index is 948. The number of hydrogen-bond donors (Lipinski definition) is 2. The molecule has 1 aliphatic heterocycles. The van der Waals surface area contributed by atoms with Gasteiger partial charge in [-0.15, -0.1) is 0 Å². The molecule has 9 heteroatoms. The van der Waals surface area contributed by atoms with Gasteiger partial charge in [0, 0.05) is 23.7 Å². The van der Waals surface area contributed by atoms with Crippen molar-refractivity contribution in [3.05, 3.63) is 63.7 Å². The average Bonchev–Trinajstić information content (AvgIpc) is 2.67. The fraction of sp³-hybridized carbons (Fsp3) is 0.235. The molecule has 0 saturated carbocycles. The first-order valence-electron chi connectivity index (χ1n) is 7.77. The molecule has 0 spiro atoms. The molecule has 0 aromatic heterocycles. The molecule has 2 N–H and O–H groups in total. The summed E-state index contributed by atoms with van der Waals surface area (Å²) in [5.74, 6) is -0.683. The van der Waals surface area contributed by atoms with Crippen molar-refractivity contribution in [3.63, 3.8) is 0 Å². The molecule has 1 amide bonds. The van der Waals surface area contributed by atoms with E-state index in [9.17, 15) is 17.6 Å². The fourth-order valence-electron chi connectivity index (χ4n) is 2.89. The minimum Gasteiger partial charge on any atom is -0.288 e. The number of fused-ring (bicyclic) bond motifs is 1. The van der Waals surface area contributed by atoms with Gasteiger partial charge in [0.1, 0.15) is 6.67 Å². The van der Waals surface area contributed by atoms with E-state index in [1.807, 2.05) is 0 Å². The zero-order valence-electron chi connectivity index (χ0n) is 13.6. The topological polar surface area (TPSA) is 86.7 Å². The zero-order chi connectivity index (χ0) is 18.9. The van der Waals surface area contributed by atoms with E-state index in [1.54, 1.807) is 11.5 Å². The van der Waals surface area contributed by atoms with Crippen LogP contribution in [0.4, 0.5) is 4.39 Å². The molecule has 0 atom stereocenters. The lowest BCUT2D eigenvalue weighted by Crippen LogP contribution is -2.36. The van der Waals surface area contributed by atoms with E-state index in [0.29, 0.717) is 17.5 Å². The molecule has 26 heavy (non-hydrogen) atoms. The summed E-state index contributed by atoms with van der Waals surface area (Å²) in [6.45, 7) is -0.361. The van der Waals surface area contributed by atoms with Gasteiger partial charge < -0.3 is 0 Å². The predicted octanol–water partition coefficient (Wildman–Crippen LogP) is 2.68. The highest BCUT2D eigenvalue weighted by Crippen LogP contribution is 2.31. The second kappa shape index (κ2) is 7.32. The summed E-state index contributed by atoms with van der Waals surface area (Å²) in [6.07, 6.45) is 0.378. The lowest BCUT2D eigenvalue weighted by molar-refractivity contribution is 0.0706. The Morgan fingerprint density at radius 2 is 1.96 bits per heavy atom. The Hall–Kier alpha value is -2.00. The monoisotopic (exact) mass is 398 g/mol. The van der Waals surface area contributed by atoms with Crippen LogP contribution in [0.15, 0.2) is 41.3 Å². The Balaban J connectivity index is 1.90. The third kappa shape index (κ3) is 3.45. The van der Waals surface area contributed by atoms with E-state index in [1.165, 1.54) is 34.6 Å². The number of rotatable bonds is 4. The zero-order valence-corrected chi connectivity index (χ0v) is 15.1. The largest absolute Gasteiger partial charge is 0.288 e. The van der Waals surface area contributed by atoms with E-state index in [2.05, 4.69) is 0 Å². The van der Waals surface area contributed by atoms with Crippen LogP contribution in [0.1, 0.15) is 27.0 Å². The van der Waals surface area contributed by atoms with E-state index in [-0.39, 0.29) is 28.6 Å². The average molecular weight is 399 g/mol. The number of carbonyl (C=O) groups is 1. The summed E-state index contributed by atoms with van der Waals surface area (Å²) in [7, 11) is -3.74. The number of sulfonamides is 1. The van der Waals surface area contributed by atoms with E-state index in [4.69, 9.17) is 16.8 Å². The van der Waals surface area contributed by atoms with Crippen LogP contribution in [0.5, 0.6) is 0 Å². The third-order valence-corrected chi connectivity index (χ3v) is 6.53. The van der Waals surface area contributed by atoms with Crippen molar-refractivity contribution >= 4 is 27.5 Å². The van der Waals surface area contributed by atoms with Gasteiger partial charge in [0.15, 0.2) is 0 Å². The first-order valence-corrected chi connectivity index (χ1v) is 9.59. The van der Waals surface area contributed by atoms with Crippen LogP contribution in [-0.2, 0) is 29.7 Å². The molecule has 138 valence electrons. The van der Waals surface area contributed by atoms with Crippen molar-refractivity contribution in [1.29, 1.82) is 0 Å². The van der Waals surface area contributed by atoms with Crippen LogP contribution in [0.2, 0.25) is 5.02 Å². The highest BCUT2D eigenvalue weighted by Gasteiger charge is 2.30. The maximum atomic E-state index is 12.8. The Kier molecular flexibility index (Phi) is 5.29. The van der Waals surface area contributed by atoms with E-state index >= 15 is 0 Å². The SMILES string of the molecule is O=C(NO)c1cc(Cl)c2c(c1)CCN(S(=O)(=O)c1ccc(CF)cc1)C2. The van der Waals surface area contributed by atoms with Crippen LogP contribution in [0.3, 0.4) is 0 Å². The second-order valence-corrected chi connectivity index (χ2v) is 8.25. The van der Waals surface area contributed by atoms with Gasteiger partial charge in [-0.2, -0.15) is 4.31 Å².